The minimum atomic E-state index is -0.823. The second-order valence-electron chi connectivity index (χ2n) is 3.52. The Balaban J connectivity index is 2.56. The number of rotatable bonds is 3. The van der Waals surface area contributed by atoms with Crippen molar-refractivity contribution in [2.75, 3.05) is 14.2 Å². The van der Waals surface area contributed by atoms with Gasteiger partial charge >= 0.3 is 0 Å². The first-order chi connectivity index (χ1) is 7.72. The number of benzene rings is 1. The van der Waals surface area contributed by atoms with Crippen LogP contribution in [0.2, 0.25) is 0 Å². The number of methoxy groups -OCH3 is 2. The van der Waals surface area contributed by atoms with Crippen molar-refractivity contribution in [2.45, 2.75) is 12.5 Å². The van der Waals surface area contributed by atoms with Crippen LogP contribution >= 0.6 is 0 Å². The van der Waals surface area contributed by atoms with Crippen molar-refractivity contribution in [2.24, 2.45) is 5.18 Å². The summed E-state index contributed by atoms with van der Waals surface area (Å²) >= 11 is 0. The Morgan fingerprint density at radius 3 is 2.62 bits per heavy atom. The van der Waals surface area contributed by atoms with Crippen LogP contribution in [0.15, 0.2) is 17.3 Å². The number of hydrogen-bond acceptors (Lipinski definition) is 5. The second kappa shape index (κ2) is 3.92. The van der Waals surface area contributed by atoms with E-state index in [1.54, 1.807) is 12.1 Å². The molecule has 0 spiro atoms. The van der Waals surface area contributed by atoms with E-state index in [4.69, 9.17) is 9.47 Å². The molecule has 0 N–H and O–H groups in total. The van der Waals surface area contributed by atoms with Gasteiger partial charge in [0.15, 0.2) is 23.3 Å². The van der Waals surface area contributed by atoms with E-state index in [0.29, 0.717) is 22.6 Å². The molecule has 1 aliphatic rings. The fourth-order valence-electron chi connectivity index (χ4n) is 1.98. The molecule has 0 amide bonds. The molecule has 0 fully saturated rings. The maximum atomic E-state index is 11.7. The van der Waals surface area contributed by atoms with Gasteiger partial charge in [0.25, 0.3) is 0 Å². The summed E-state index contributed by atoms with van der Waals surface area (Å²) in [5.41, 5.74) is 1.21. The zero-order chi connectivity index (χ0) is 11.7. The first-order valence-corrected chi connectivity index (χ1v) is 4.83. The quantitative estimate of drug-likeness (QED) is 0.727. The molecule has 0 saturated carbocycles. The minimum Gasteiger partial charge on any atom is -0.493 e. The first-order valence-electron chi connectivity index (χ1n) is 4.83. The Hall–Kier alpha value is -1.91. The molecule has 0 heterocycles. The van der Waals surface area contributed by atoms with E-state index in [1.807, 2.05) is 0 Å². The van der Waals surface area contributed by atoms with Crippen LogP contribution in [0.25, 0.3) is 0 Å². The minimum absolute atomic E-state index is 0.244. The molecule has 1 aromatic rings. The van der Waals surface area contributed by atoms with E-state index < -0.39 is 6.04 Å². The zero-order valence-corrected chi connectivity index (χ0v) is 9.02. The number of fused-ring (bicyclic) bond motifs is 1. The van der Waals surface area contributed by atoms with Gasteiger partial charge in [-0.1, -0.05) is 5.18 Å². The van der Waals surface area contributed by atoms with Crippen molar-refractivity contribution in [1.82, 2.24) is 0 Å². The van der Waals surface area contributed by atoms with Crippen LogP contribution < -0.4 is 9.47 Å². The Labute approximate surface area is 92.3 Å². The van der Waals surface area contributed by atoms with Gasteiger partial charge in [-0.25, -0.2) is 0 Å². The third-order valence-corrected chi connectivity index (χ3v) is 2.74. The van der Waals surface area contributed by atoms with E-state index >= 15 is 0 Å². The summed E-state index contributed by atoms with van der Waals surface area (Å²) < 4.78 is 10.3. The molecule has 1 unspecified atom stereocenters. The molecule has 1 aromatic carbocycles. The summed E-state index contributed by atoms with van der Waals surface area (Å²) in [7, 11) is 3.03. The number of nitroso groups, excluding NO2 is 1. The monoisotopic (exact) mass is 221 g/mol. The number of Topliss-reactive ketones (excluding diaryl/α,β-unsaturated/α-hetero) is 1. The van der Waals surface area contributed by atoms with Crippen LogP contribution in [0.5, 0.6) is 11.5 Å². The fraction of sp³-hybridized carbons (Fsp3) is 0.364. The highest BCUT2D eigenvalue weighted by Crippen LogP contribution is 2.38. The largest absolute Gasteiger partial charge is 0.493 e. The maximum absolute atomic E-state index is 11.7. The molecule has 84 valence electrons. The smallest absolute Gasteiger partial charge is 0.191 e. The summed E-state index contributed by atoms with van der Waals surface area (Å²) in [5, 5.41) is 2.82. The molecular weight excluding hydrogens is 210 g/mol. The summed E-state index contributed by atoms with van der Waals surface area (Å²) in [6.45, 7) is 0. The molecule has 0 radical (unpaired) electrons. The highest BCUT2D eigenvalue weighted by Gasteiger charge is 2.34. The van der Waals surface area contributed by atoms with E-state index in [9.17, 15) is 9.70 Å². The number of ketones is 1. The first kappa shape index (κ1) is 10.6. The van der Waals surface area contributed by atoms with Crippen LogP contribution in [0.4, 0.5) is 0 Å². The average molecular weight is 221 g/mol. The van der Waals surface area contributed by atoms with Crippen LogP contribution in [0, 0.1) is 4.91 Å². The molecule has 5 nitrogen and oxygen atoms in total. The predicted molar refractivity (Wildman–Crippen MR) is 57.2 cm³/mol. The van der Waals surface area contributed by atoms with E-state index in [-0.39, 0.29) is 12.2 Å². The Bertz CT molecular complexity index is 456. The Morgan fingerprint density at radius 2 is 2.06 bits per heavy atom. The molecule has 1 atom stereocenters. The van der Waals surface area contributed by atoms with Crippen molar-refractivity contribution >= 4 is 5.78 Å². The summed E-state index contributed by atoms with van der Waals surface area (Å²) in [6, 6.07) is 2.48. The standard InChI is InChI=1S/C11H11NO4/c1-15-9-4-3-6-7(11(9)16-2)5-8(12-14)10(6)13/h3-4,8H,5H2,1-2H3. The van der Waals surface area contributed by atoms with E-state index in [1.165, 1.54) is 14.2 Å². The zero-order valence-electron chi connectivity index (χ0n) is 9.02. The Kier molecular flexibility index (Phi) is 2.60. The molecular formula is C11H11NO4. The predicted octanol–water partition coefficient (Wildman–Crippen LogP) is 1.58. The average Bonchev–Trinajstić information content (AvgIpc) is 2.65. The lowest BCUT2D eigenvalue weighted by Crippen LogP contribution is -2.11. The number of hydrogen-bond donors (Lipinski definition) is 0. The maximum Gasteiger partial charge on any atom is 0.191 e. The van der Waals surface area contributed by atoms with Crippen molar-refractivity contribution in [3.05, 3.63) is 28.2 Å². The van der Waals surface area contributed by atoms with E-state index in [0.717, 1.165) is 0 Å². The van der Waals surface area contributed by atoms with Gasteiger partial charge in [-0.15, -0.1) is 0 Å². The van der Waals surface area contributed by atoms with Gasteiger partial charge in [-0.2, -0.15) is 4.91 Å². The van der Waals surface area contributed by atoms with Crippen LogP contribution in [0.1, 0.15) is 15.9 Å². The van der Waals surface area contributed by atoms with Crippen molar-refractivity contribution in [3.8, 4) is 11.5 Å². The van der Waals surface area contributed by atoms with E-state index in [2.05, 4.69) is 5.18 Å². The third-order valence-electron chi connectivity index (χ3n) is 2.74. The number of nitrogens with zero attached hydrogens (tertiary/aromatic N) is 1. The fourth-order valence-corrected chi connectivity index (χ4v) is 1.98. The molecule has 2 rings (SSSR count). The van der Waals surface area contributed by atoms with Gasteiger partial charge in [0, 0.05) is 17.5 Å². The molecule has 0 bridgehead atoms. The van der Waals surface area contributed by atoms with Gasteiger partial charge < -0.3 is 9.47 Å². The third kappa shape index (κ3) is 1.36. The molecule has 0 aliphatic heterocycles. The lowest BCUT2D eigenvalue weighted by molar-refractivity contribution is 0.0975. The van der Waals surface area contributed by atoms with Crippen LogP contribution in [-0.2, 0) is 6.42 Å². The SMILES string of the molecule is COc1ccc2c(c1OC)CC(N=O)C2=O. The Morgan fingerprint density at radius 1 is 1.31 bits per heavy atom. The van der Waals surface area contributed by atoms with Gasteiger partial charge in [0.05, 0.1) is 14.2 Å². The molecule has 0 saturated heterocycles. The molecule has 5 heteroatoms. The van der Waals surface area contributed by atoms with Crippen molar-refractivity contribution < 1.29 is 14.3 Å². The van der Waals surface area contributed by atoms with Gasteiger partial charge in [-0.05, 0) is 12.1 Å². The number of carbonyl (C=O) groups excluding carboxylic acids is 1. The van der Waals surface area contributed by atoms with Gasteiger partial charge in [0.1, 0.15) is 0 Å². The number of ether oxygens (including phenoxy) is 2. The molecule has 1 aliphatic carbocycles. The van der Waals surface area contributed by atoms with Crippen molar-refractivity contribution in [3.63, 3.8) is 0 Å². The second-order valence-corrected chi connectivity index (χ2v) is 3.52. The lowest BCUT2D eigenvalue weighted by atomic mass is 10.1. The number of carbonyl (C=O) groups is 1. The highest BCUT2D eigenvalue weighted by molar-refractivity contribution is 6.05. The molecule has 16 heavy (non-hydrogen) atoms. The van der Waals surface area contributed by atoms with Gasteiger partial charge in [-0.3, -0.25) is 4.79 Å². The lowest BCUT2D eigenvalue weighted by Gasteiger charge is -2.10. The normalized spacial score (nSPS) is 18.1. The van der Waals surface area contributed by atoms with Crippen molar-refractivity contribution in [1.29, 1.82) is 0 Å². The molecule has 0 aromatic heterocycles. The topological polar surface area (TPSA) is 65.0 Å². The summed E-state index contributed by atoms with van der Waals surface area (Å²) in [6.07, 6.45) is 0.290. The summed E-state index contributed by atoms with van der Waals surface area (Å²) in [4.78, 5) is 22.2. The van der Waals surface area contributed by atoms with Crippen LogP contribution in [-0.4, -0.2) is 26.0 Å². The van der Waals surface area contributed by atoms with Gasteiger partial charge in [0.2, 0.25) is 0 Å². The summed E-state index contributed by atoms with van der Waals surface area (Å²) in [5.74, 6) is 0.825. The van der Waals surface area contributed by atoms with Crippen LogP contribution in [0.3, 0.4) is 0 Å². The highest BCUT2D eigenvalue weighted by atomic mass is 16.5.